The Hall–Kier alpha value is -2.21. The van der Waals surface area contributed by atoms with Gasteiger partial charge in [-0.05, 0) is 36.5 Å². The van der Waals surface area contributed by atoms with Crippen LogP contribution >= 0.6 is 0 Å². The normalized spacial score (nSPS) is 19.0. The van der Waals surface area contributed by atoms with Crippen LogP contribution < -0.4 is 11.1 Å². The molecule has 1 heterocycles. The number of rotatable bonds is 7. The Kier molecular flexibility index (Phi) is 7.06. The van der Waals surface area contributed by atoms with Gasteiger partial charge in [-0.15, -0.1) is 0 Å². The van der Waals surface area contributed by atoms with E-state index in [-0.39, 0.29) is 41.9 Å². The summed E-state index contributed by atoms with van der Waals surface area (Å²) >= 11 is 0. The molecule has 1 saturated carbocycles. The molecule has 6 heteroatoms. The van der Waals surface area contributed by atoms with E-state index in [1.54, 1.807) is 11.0 Å². The highest BCUT2D eigenvalue weighted by Crippen LogP contribution is 2.29. The number of carbonyl (C=O) groups excluding carboxylic acids is 3. The fourth-order valence-corrected chi connectivity index (χ4v) is 4.43. The molecule has 3 rings (SSSR count). The lowest BCUT2D eigenvalue weighted by Gasteiger charge is -2.39. The van der Waals surface area contributed by atoms with Crippen LogP contribution in [0.1, 0.15) is 67.8 Å². The molecular formula is C23H33N3O3. The van der Waals surface area contributed by atoms with Gasteiger partial charge in [0.15, 0.2) is 5.78 Å². The van der Waals surface area contributed by atoms with E-state index >= 15 is 0 Å². The van der Waals surface area contributed by atoms with Crippen molar-refractivity contribution in [2.75, 3.05) is 19.6 Å². The largest absolute Gasteiger partial charge is 0.342 e. The maximum atomic E-state index is 13.0. The second-order valence-corrected chi connectivity index (χ2v) is 8.73. The fraction of sp³-hybridized carbons (Fsp3) is 0.609. The van der Waals surface area contributed by atoms with Crippen molar-refractivity contribution in [2.45, 2.75) is 57.9 Å². The average molecular weight is 400 g/mol. The van der Waals surface area contributed by atoms with Gasteiger partial charge in [-0.2, -0.15) is 0 Å². The minimum atomic E-state index is -0.409. The number of likely N-dealkylation sites (tertiary alicyclic amines) is 1. The molecule has 2 aliphatic rings. The first kappa shape index (κ1) is 21.5. The van der Waals surface area contributed by atoms with Gasteiger partial charge >= 0.3 is 0 Å². The quantitative estimate of drug-likeness (QED) is 0.737. The van der Waals surface area contributed by atoms with Gasteiger partial charge in [0.1, 0.15) is 0 Å². The van der Waals surface area contributed by atoms with Crippen LogP contribution in [0.2, 0.25) is 0 Å². The molecule has 1 saturated heterocycles. The van der Waals surface area contributed by atoms with Crippen LogP contribution in [0.3, 0.4) is 0 Å². The Balaban J connectivity index is 1.68. The summed E-state index contributed by atoms with van der Waals surface area (Å²) in [5, 5.41) is 3.05. The van der Waals surface area contributed by atoms with E-state index in [1.807, 2.05) is 32.0 Å². The molecule has 0 aromatic heterocycles. The Bertz CT molecular complexity index is 749. The van der Waals surface area contributed by atoms with Crippen molar-refractivity contribution in [1.82, 2.24) is 10.2 Å². The Morgan fingerprint density at radius 2 is 1.83 bits per heavy atom. The molecule has 1 aliphatic carbocycles. The monoisotopic (exact) mass is 399 g/mol. The maximum Gasteiger partial charge on any atom is 0.251 e. The van der Waals surface area contributed by atoms with Gasteiger partial charge in [0, 0.05) is 30.5 Å². The van der Waals surface area contributed by atoms with Crippen LogP contribution in [0.15, 0.2) is 24.3 Å². The van der Waals surface area contributed by atoms with Gasteiger partial charge in [-0.25, -0.2) is 0 Å². The van der Waals surface area contributed by atoms with E-state index in [2.05, 4.69) is 5.32 Å². The first-order valence-corrected chi connectivity index (χ1v) is 10.8. The molecule has 0 spiro atoms. The summed E-state index contributed by atoms with van der Waals surface area (Å²) in [7, 11) is 0. The van der Waals surface area contributed by atoms with Crippen LogP contribution in [-0.2, 0) is 9.59 Å². The van der Waals surface area contributed by atoms with Gasteiger partial charge in [0.25, 0.3) is 5.91 Å². The van der Waals surface area contributed by atoms with E-state index in [9.17, 15) is 14.4 Å². The fourth-order valence-electron chi connectivity index (χ4n) is 4.43. The van der Waals surface area contributed by atoms with Crippen molar-refractivity contribution in [2.24, 2.45) is 17.6 Å². The van der Waals surface area contributed by atoms with E-state index in [4.69, 9.17) is 5.73 Å². The molecule has 1 aliphatic heterocycles. The van der Waals surface area contributed by atoms with Crippen molar-refractivity contribution in [3.05, 3.63) is 35.4 Å². The molecule has 0 unspecified atom stereocenters. The van der Waals surface area contributed by atoms with Crippen LogP contribution in [0, 0.1) is 11.8 Å². The molecule has 0 bridgehead atoms. The Morgan fingerprint density at radius 1 is 1.14 bits per heavy atom. The van der Waals surface area contributed by atoms with Gasteiger partial charge in [0.2, 0.25) is 5.91 Å². The van der Waals surface area contributed by atoms with Crippen molar-refractivity contribution < 1.29 is 14.4 Å². The summed E-state index contributed by atoms with van der Waals surface area (Å²) in [6.45, 7) is 5.10. The number of hydrogen-bond acceptors (Lipinski definition) is 4. The summed E-state index contributed by atoms with van der Waals surface area (Å²) in [4.78, 5) is 39.2. The van der Waals surface area contributed by atoms with Crippen LogP contribution in [0.4, 0.5) is 0 Å². The molecule has 6 nitrogen and oxygen atoms in total. The van der Waals surface area contributed by atoms with E-state index < -0.39 is 6.04 Å². The van der Waals surface area contributed by atoms with E-state index in [1.165, 1.54) is 6.42 Å². The molecule has 2 amide bonds. The molecule has 1 aromatic carbocycles. The number of hydrogen-bond donors (Lipinski definition) is 2. The summed E-state index contributed by atoms with van der Waals surface area (Å²) in [6, 6.07) is 7.13. The van der Waals surface area contributed by atoms with Gasteiger partial charge in [-0.3, -0.25) is 14.4 Å². The van der Waals surface area contributed by atoms with Crippen LogP contribution in [0.25, 0.3) is 0 Å². The highest BCUT2D eigenvalue weighted by Gasteiger charge is 2.33. The third-order valence-electron chi connectivity index (χ3n) is 6.31. The van der Waals surface area contributed by atoms with Gasteiger partial charge < -0.3 is 16.0 Å². The Labute approximate surface area is 173 Å². The highest BCUT2D eigenvalue weighted by atomic mass is 16.2. The number of benzene rings is 1. The van der Waals surface area contributed by atoms with Crippen LogP contribution in [-0.4, -0.2) is 48.2 Å². The van der Waals surface area contributed by atoms with Gasteiger partial charge in [-0.1, -0.05) is 45.2 Å². The first-order valence-electron chi connectivity index (χ1n) is 10.8. The van der Waals surface area contributed by atoms with E-state index in [0.29, 0.717) is 18.7 Å². The lowest BCUT2D eigenvalue weighted by atomic mass is 9.80. The maximum absolute atomic E-state index is 13.0. The smallest absolute Gasteiger partial charge is 0.251 e. The summed E-state index contributed by atoms with van der Waals surface area (Å²) in [5.74, 6) is 0.243. The summed E-state index contributed by atoms with van der Waals surface area (Å²) in [6.07, 6.45) is 5.45. The zero-order chi connectivity index (χ0) is 21.0. The predicted octanol–water partition coefficient (Wildman–Crippen LogP) is 2.47. The van der Waals surface area contributed by atoms with Crippen molar-refractivity contribution in [1.29, 1.82) is 0 Å². The minimum absolute atomic E-state index is 0.0294. The third-order valence-corrected chi connectivity index (χ3v) is 6.31. The molecule has 158 valence electrons. The molecular weight excluding hydrogens is 366 g/mol. The number of nitrogens with one attached hydrogen (secondary N) is 1. The molecule has 0 radical (unpaired) electrons. The first-order chi connectivity index (χ1) is 13.9. The summed E-state index contributed by atoms with van der Waals surface area (Å²) in [5.41, 5.74) is 7.03. The SMILES string of the molecule is CC(C)C(=O)[C@H](NC(=O)c1cccc(C2CN(C(=O)CN)C2)c1)C1CCCCC1. The standard InChI is InChI=1S/C23H33N3O3/c1-15(2)22(28)21(16-7-4-3-5-8-16)25-23(29)18-10-6-9-17(11-18)19-13-26(14-19)20(27)12-24/h6,9-11,15-16,19,21H,3-5,7-8,12-14,24H2,1-2H3,(H,25,29)/t21-/m1/s1. The van der Waals surface area contributed by atoms with E-state index in [0.717, 1.165) is 31.2 Å². The second kappa shape index (κ2) is 9.53. The van der Waals surface area contributed by atoms with Crippen molar-refractivity contribution in [3.63, 3.8) is 0 Å². The average Bonchev–Trinajstić information content (AvgIpc) is 2.70. The Morgan fingerprint density at radius 3 is 2.45 bits per heavy atom. The number of nitrogens with zero attached hydrogens (tertiary/aromatic N) is 1. The topological polar surface area (TPSA) is 92.5 Å². The zero-order valence-corrected chi connectivity index (χ0v) is 17.5. The summed E-state index contributed by atoms with van der Waals surface area (Å²) < 4.78 is 0. The number of ketones is 1. The number of Topliss-reactive ketones (excluding diaryl/α,β-unsaturated/α-hetero) is 1. The molecule has 29 heavy (non-hydrogen) atoms. The van der Waals surface area contributed by atoms with Crippen molar-refractivity contribution in [3.8, 4) is 0 Å². The lowest BCUT2D eigenvalue weighted by molar-refractivity contribution is -0.134. The molecule has 1 aromatic rings. The predicted molar refractivity (Wildman–Crippen MR) is 112 cm³/mol. The third kappa shape index (κ3) is 5.04. The lowest BCUT2D eigenvalue weighted by Crippen LogP contribution is -2.50. The molecule has 2 fully saturated rings. The number of nitrogens with two attached hydrogens (primary N) is 1. The number of amides is 2. The van der Waals surface area contributed by atoms with Crippen molar-refractivity contribution >= 4 is 17.6 Å². The van der Waals surface area contributed by atoms with Crippen LogP contribution in [0.5, 0.6) is 0 Å². The molecule has 3 N–H and O–H groups in total. The zero-order valence-electron chi connectivity index (χ0n) is 17.5. The molecule has 1 atom stereocenters. The van der Waals surface area contributed by atoms with Gasteiger partial charge in [0.05, 0.1) is 12.6 Å². The number of carbonyl (C=O) groups is 3. The second-order valence-electron chi connectivity index (χ2n) is 8.73. The minimum Gasteiger partial charge on any atom is -0.342 e. The highest BCUT2D eigenvalue weighted by molar-refractivity contribution is 5.98.